The first kappa shape index (κ1) is 15.1. The Morgan fingerprint density at radius 3 is 2.64 bits per heavy atom. The molecular weight excluding hydrogens is 320 g/mol. The highest BCUT2D eigenvalue weighted by molar-refractivity contribution is 7.98. The minimum absolute atomic E-state index is 0.231. The van der Waals surface area contributed by atoms with E-state index in [9.17, 15) is 4.79 Å². The van der Waals surface area contributed by atoms with Crippen molar-refractivity contribution in [1.82, 2.24) is 19.1 Å². The van der Waals surface area contributed by atoms with Gasteiger partial charge in [-0.3, -0.25) is 9.36 Å². The number of fused-ring (bicyclic) bond motifs is 1. The summed E-state index contributed by atoms with van der Waals surface area (Å²) in [6.45, 7) is 3.26. The van der Waals surface area contributed by atoms with E-state index in [1.54, 1.807) is 6.33 Å². The standard InChI is InChI=1S/C15H15ClN4OS/c1-3-19-9-17-13-12(19)14(21)18-15(22-2)20(13)8-10-4-6-11(16)7-5-10/h4-7,9H,3,8H2,1-2H3. The molecule has 7 heteroatoms. The zero-order valence-corrected chi connectivity index (χ0v) is 13.9. The van der Waals surface area contributed by atoms with Crippen LogP contribution < -0.4 is 5.56 Å². The summed E-state index contributed by atoms with van der Waals surface area (Å²) in [6, 6.07) is 7.64. The van der Waals surface area contributed by atoms with Gasteiger partial charge in [-0.1, -0.05) is 35.5 Å². The van der Waals surface area contributed by atoms with Gasteiger partial charge < -0.3 is 4.57 Å². The molecular formula is C15H15ClN4OS. The molecule has 0 spiro atoms. The average molecular weight is 335 g/mol. The van der Waals surface area contributed by atoms with Crippen molar-refractivity contribution in [2.75, 3.05) is 6.26 Å². The monoisotopic (exact) mass is 334 g/mol. The molecule has 0 aliphatic heterocycles. The second-order valence-corrected chi connectivity index (χ2v) is 6.03. The Morgan fingerprint density at radius 1 is 1.27 bits per heavy atom. The van der Waals surface area contributed by atoms with Crippen molar-refractivity contribution in [2.24, 2.45) is 0 Å². The molecule has 0 unspecified atom stereocenters. The molecule has 0 saturated heterocycles. The molecule has 0 radical (unpaired) electrons. The van der Waals surface area contributed by atoms with Gasteiger partial charge in [-0.25, -0.2) is 4.98 Å². The van der Waals surface area contributed by atoms with Crippen molar-refractivity contribution < 1.29 is 0 Å². The Kier molecular flexibility index (Phi) is 4.22. The molecule has 2 heterocycles. The predicted octanol–water partition coefficient (Wildman–Crippen LogP) is 3.04. The first-order valence-corrected chi connectivity index (χ1v) is 8.48. The van der Waals surface area contributed by atoms with E-state index in [1.165, 1.54) is 11.8 Å². The number of hydrogen-bond donors (Lipinski definition) is 0. The number of benzene rings is 1. The van der Waals surface area contributed by atoms with E-state index in [1.807, 2.05) is 46.6 Å². The number of thioether (sulfide) groups is 1. The summed E-state index contributed by atoms with van der Waals surface area (Å²) in [7, 11) is 0. The maximum absolute atomic E-state index is 12.2. The van der Waals surface area contributed by atoms with E-state index in [0.717, 1.165) is 5.56 Å². The number of hydrogen-bond acceptors (Lipinski definition) is 4. The Bertz CT molecular complexity index is 870. The van der Waals surface area contributed by atoms with E-state index >= 15 is 0 Å². The van der Waals surface area contributed by atoms with Crippen LogP contribution in [0.15, 0.2) is 40.5 Å². The molecule has 1 aromatic carbocycles. The maximum atomic E-state index is 12.2. The van der Waals surface area contributed by atoms with Crippen molar-refractivity contribution in [3.05, 3.63) is 51.5 Å². The predicted molar refractivity (Wildman–Crippen MR) is 89.8 cm³/mol. The van der Waals surface area contributed by atoms with Crippen molar-refractivity contribution >= 4 is 34.5 Å². The average Bonchev–Trinajstić information content (AvgIpc) is 2.96. The lowest BCUT2D eigenvalue weighted by Gasteiger charge is -2.12. The normalized spacial score (nSPS) is 11.2. The smallest absolute Gasteiger partial charge is 0.299 e. The van der Waals surface area contributed by atoms with Gasteiger partial charge in [0.1, 0.15) is 0 Å². The molecule has 3 rings (SSSR count). The molecule has 0 amide bonds. The number of aromatic nitrogens is 4. The van der Waals surface area contributed by atoms with Gasteiger partial charge in [0.2, 0.25) is 0 Å². The maximum Gasteiger partial charge on any atom is 0.299 e. The Morgan fingerprint density at radius 2 is 2.00 bits per heavy atom. The van der Waals surface area contributed by atoms with Crippen LogP contribution in [0.25, 0.3) is 11.2 Å². The van der Waals surface area contributed by atoms with Gasteiger partial charge in [-0.05, 0) is 30.9 Å². The molecule has 5 nitrogen and oxygen atoms in total. The molecule has 0 bridgehead atoms. The van der Waals surface area contributed by atoms with Gasteiger partial charge in [0.25, 0.3) is 5.56 Å². The van der Waals surface area contributed by atoms with Gasteiger partial charge in [0.15, 0.2) is 16.3 Å². The van der Waals surface area contributed by atoms with E-state index in [0.29, 0.717) is 34.4 Å². The highest BCUT2D eigenvalue weighted by Gasteiger charge is 2.15. The van der Waals surface area contributed by atoms with Crippen LogP contribution in [0.2, 0.25) is 5.02 Å². The van der Waals surface area contributed by atoms with Crippen molar-refractivity contribution in [1.29, 1.82) is 0 Å². The van der Waals surface area contributed by atoms with E-state index in [2.05, 4.69) is 9.97 Å². The third-order valence-corrected chi connectivity index (χ3v) is 4.41. The fourth-order valence-corrected chi connectivity index (χ4v) is 3.06. The van der Waals surface area contributed by atoms with Crippen LogP contribution in [0.4, 0.5) is 0 Å². The van der Waals surface area contributed by atoms with E-state index in [4.69, 9.17) is 11.6 Å². The van der Waals surface area contributed by atoms with Crippen molar-refractivity contribution in [3.8, 4) is 0 Å². The summed E-state index contributed by atoms with van der Waals surface area (Å²) in [4.78, 5) is 20.8. The zero-order valence-electron chi connectivity index (χ0n) is 12.3. The van der Waals surface area contributed by atoms with Crippen molar-refractivity contribution in [2.45, 2.75) is 25.2 Å². The van der Waals surface area contributed by atoms with Gasteiger partial charge >= 0.3 is 0 Å². The molecule has 0 saturated carbocycles. The first-order valence-electron chi connectivity index (χ1n) is 6.88. The third-order valence-electron chi connectivity index (χ3n) is 3.48. The minimum atomic E-state index is -0.231. The van der Waals surface area contributed by atoms with Crippen molar-refractivity contribution in [3.63, 3.8) is 0 Å². The third kappa shape index (κ3) is 2.64. The molecule has 2 aromatic heterocycles. The molecule has 3 aromatic rings. The summed E-state index contributed by atoms with van der Waals surface area (Å²) in [5, 5.41) is 1.36. The molecule has 0 aliphatic rings. The minimum Gasteiger partial charge on any atom is -0.325 e. The fourth-order valence-electron chi connectivity index (χ4n) is 2.39. The largest absolute Gasteiger partial charge is 0.325 e. The lowest BCUT2D eigenvalue weighted by molar-refractivity contribution is 0.688. The van der Waals surface area contributed by atoms with Gasteiger partial charge in [-0.15, -0.1) is 0 Å². The lowest BCUT2D eigenvalue weighted by Crippen LogP contribution is -2.18. The van der Waals surface area contributed by atoms with Crippen LogP contribution in [0.5, 0.6) is 0 Å². The van der Waals surface area contributed by atoms with Gasteiger partial charge in [-0.2, -0.15) is 4.98 Å². The van der Waals surface area contributed by atoms with Crippen LogP contribution in [0, 0.1) is 0 Å². The summed E-state index contributed by atoms with van der Waals surface area (Å²) < 4.78 is 3.80. The van der Waals surface area contributed by atoms with Crippen LogP contribution in [0.1, 0.15) is 12.5 Å². The van der Waals surface area contributed by atoms with Crippen LogP contribution >= 0.6 is 23.4 Å². The second-order valence-electron chi connectivity index (χ2n) is 4.82. The van der Waals surface area contributed by atoms with Crippen LogP contribution in [-0.4, -0.2) is 25.4 Å². The molecule has 114 valence electrons. The number of nitrogens with zero attached hydrogens (tertiary/aromatic N) is 4. The molecule has 0 fully saturated rings. The SMILES string of the molecule is CCn1cnc2c1c(=O)nc(SC)n2Cc1ccc(Cl)cc1. The Hall–Kier alpha value is -1.79. The first-order chi connectivity index (χ1) is 10.6. The highest BCUT2D eigenvalue weighted by Crippen LogP contribution is 2.19. The number of imidazole rings is 1. The van der Waals surface area contributed by atoms with Gasteiger partial charge in [0.05, 0.1) is 12.9 Å². The number of aryl methyl sites for hydroxylation is 1. The van der Waals surface area contributed by atoms with E-state index < -0.39 is 0 Å². The van der Waals surface area contributed by atoms with Crippen LogP contribution in [-0.2, 0) is 13.1 Å². The zero-order chi connectivity index (χ0) is 15.7. The molecule has 22 heavy (non-hydrogen) atoms. The topological polar surface area (TPSA) is 52.7 Å². The van der Waals surface area contributed by atoms with Gasteiger partial charge in [0, 0.05) is 11.6 Å². The summed E-state index contributed by atoms with van der Waals surface area (Å²) >= 11 is 7.37. The number of rotatable bonds is 4. The summed E-state index contributed by atoms with van der Waals surface area (Å²) in [5.74, 6) is 0. The Labute approximate surface area is 137 Å². The second kappa shape index (κ2) is 6.14. The highest BCUT2D eigenvalue weighted by atomic mass is 35.5. The quantitative estimate of drug-likeness (QED) is 0.543. The molecule has 0 N–H and O–H groups in total. The molecule has 0 aliphatic carbocycles. The summed E-state index contributed by atoms with van der Waals surface area (Å²) in [5.41, 5.74) is 2.07. The molecule has 0 atom stereocenters. The van der Waals surface area contributed by atoms with Crippen LogP contribution in [0.3, 0.4) is 0 Å². The fraction of sp³-hybridized carbons (Fsp3) is 0.267. The number of halogens is 1. The lowest BCUT2D eigenvalue weighted by atomic mass is 10.2. The summed E-state index contributed by atoms with van der Waals surface area (Å²) in [6.07, 6.45) is 3.60. The van der Waals surface area contributed by atoms with E-state index in [-0.39, 0.29) is 5.56 Å². The Balaban J connectivity index is 2.18.